The van der Waals surface area contributed by atoms with E-state index in [4.69, 9.17) is 17.4 Å². The second-order valence-corrected chi connectivity index (χ2v) is 7.78. The van der Waals surface area contributed by atoms with Gasteiger partial charge >= 0.3 is 6.18 Å². The number of hydrazine groups is 1. The molecule has 4 rings (SSSR count). The molecule has 0 saturated carbocycles. The Labute approximate surface area is 196 Å². The van der Waals surface area contributed by atoms with E-state index in [9.17, 15) is 22.8 Å². The van der Waals surface area contributed by atoms with Gasteiger partial charge < -0.3 is 10.3 Å². The van der Waals surface area contributed by atoms with Gasteiger partial charge in [-0.05, 0) is 48.9 Å². The van der Waals surface area contributed by atoms with Crippen molar-refractivity contribution in [1.82, 2.24) is 9.97 Å². The Balaban J connectivity index is 1.73. The number of nitrogens with one attached hydrogen (secondary N) is 2. The molecule has 3 aromatic carbocycles. The predicted molar refractivity (Wildman–Crippen MR) is 123 cm³/mol. The first-order chi connectivity index (χ1) is 16.1. The summed E-state index contributed by atoms with van der Waals surface area (Å²) in [5.41, 5.74) is 0.0652. The fraction of sp³-hybridized carbons (Fsp3) is 0.0870. The summed E-state index contributed by atoms with van der Waals surface area (Å²) in [6.45, 7) is 1.73. The number of nitrogens with zero attached hydrogens (tertiary/aromatic N) is 2. The van der Waals surface area contributed by atoms with Crippen molar-refractivity contribution in [3.63, 3.8) is 0 Å². The molecule has 0 saturated heterocycles. The lowest BCUT2D eigenvalue weighted by molar-refractivity contribution is -0.137. The molecule has 4 N–H and O–H groups in total. The Morgan fingerprint density at radius 1 is 1.09 bits per heavy atom. The number of imidazole rings is 1. The number of alkyl halides is 3. The van der Waals surface area contributed by atoms with Crippen LogP contribution in [0.3, 0.4) is 0 Å². The zero-order valence-electron chi connectivity index (χ0n) is 17.6. The van der Waals surface area contributed by atoms with Crippen LogP contribution in [0.15, 0.2) is 60.9 Å². The van der Waals surface area contributed by atoms with Gasteiger partial charge in [0.2, 0.25) is 0 Å². The number of halogens is 4. The fourth-order valence-corrected chi connectivity index (χ4v) is 3.62. The van der Waals surface area contributed by atoms with Crippen molar-refractivity contribution in [2.75, 3.05) is 10.3 Å². The highest BCUT2D eigenvalue weighted by Gasteiger charge is 2.36. The molecule has 2 amide bonds. The van der Waals surface area contributed by atoms with Crippen molar-refractivity contribution in [2.24, 2.45) is 5.84 Å². The second kappa shape index (κ2) is 8.81. The quantitative estimate of drug-likeness (QED) is 0.206. The summed E-state index contributed by atoms with van der Waals surface area (Å²) in [4.78, 5) is 32.9. The van der Waals surface area contributed by atoms with Gasteiger partial charge in [-0.2, -0.15) is 13.2 Å². The van der Waals surface area contributed by atoms with Gasteiger partial charge in [0.15, 0.2) is 0 Å². The molecule has 1 aromatic heterocycles. The number of fused-ring (bicyclic) bond motifs is 1. The number of benzene rings is 3. The molecule has 0 radical (unpaired) electrons. The summed E-state index contributed by atoms with van der Waals surface area (Å²) in [6.07, 6.45) is -3.40. The van der Waals surface area contributed by atoms with Gasteiger partial charge in [-0.1, -0.05) is 29.8 Å². The van der Waals surface area contributed by atoms with Crippen molar-refractivity contribution in [1.29, 1.82) is 0 Å². The lowest BCUT2D eigenvalue weighted by atomic mass is 10.1. The number of carbonyl (C=O) groups excluding carboxylic acids is 2. The summed E-state index contributed by atoms with van der Waals surface area (Å²) in [5, 5.41) is 3.75. The molecule has 0 aliphatic rings. The van der Waals surface area contributed by atoms with Crippen molar-refractivity contribution < 1.29 is 22.8 Å². The number of anilines is 2. The number of nitrogens with two attached hydrogens (primary N) is 1. The van der Waals surface area contributed by atoms with Crippen molar-refractivity contribution >= 4 is 45.8 Å². The first-order valence-corrected chi connectivity index (χ1v) is 10.2. The number of aromatic nitrogens is 2. The van der Waals surface area contributed by atoms with Crippen LogP contribution in [0.2, 0.25) is 5.02 Å². The maximum Gasteiger partial charge on any atom is 0.417 e. The molecule has 7 nitrogen and oxygen atoms in total. The standard InChI is InChI=1S/C23H17ClF3N5O2/c1-12-17(24)7-4-8-18(12)31-21(33)15-9-13(10-19-20(15)30-11-29-19)32(28)22(34)14-5-2-3-6-16(14)23(25,26)27/h2-11H,28H2,1H3,(H,29,30)(H,31,33). The molecule has 4 aromatic rings. The van der Waals surface area contributed by atoms with Gasteiger partial charge in [-0.3, -0.25) is 9.59 Å². The number of rotatable bonds is 4. The molecular weight excluding hydrogens is 471 g/mol. The SMILES string of the molecule is Cc1c(Cl)cccc1NC(=O)c1cc(N(N)C(=O)c2ccccc2C(F)(F)F)cc2[nH]cnc12. The summed E-state index contributed by atoms with van der Waals surface area (Å²) in [6, 6.07) is 12.0. The molecule has 0 aliphatic carbocycles. The van der Waals surface area contributed by atoms with Crippen molar-refractivity contribution in [2.45, 2.75) is 13.1 Å². The van der Waals surface area contributed by atoms with Crippen LogP contribution >= 0.6 is 11.6 Å². The highest BCUT2D eigenvalue weighted by atomic mass is 35.5. The molecule has 1 heterocycles. The predicted octanol–water partition coefficient (Wildman–Crippen LogP) is 5.32. The Bertz CT molecular complexity index is 1420. The number of carbonyl (C=O) groups is 2. The monoisotopic (exact) mass is 487 g/mol. The number of hydrogen-bond acceptors (Lipinski definition) is 4. The smallest absolute Gasteiger partial charge is 0.345 e. The molecule has 0 bridgehead atoms. The third-order valence-electron chi connectivity index (χ3n) is 5.23. The summed E-state index contributed by atoms with van der Waals surface area (Å²) < 4.78 is 40.2. The second-order valence-electron chi connectivity index (χ2n) is 7.38. The molecule has 11 heteroatoms. The zero-order chi connectivity index (χ0) is 24.6. The largest absolute Gasteiger partial charge is 0.417 e. The van der Waals surface area contributed by atoms with E-state index in [1.54, 1.807) is 25.1 Å². The van der Waals surface area contributed by atoms with Crippen LogP contribution in [-0.4, -0.2) is 21.8 Å². The van der Waals surface area contributed by atoms with Crippen molar-refractivity contribution in [3.05, 3.63) is 88.2 Å². The molecule has 0 atom stereocenters. The fourth-order valence-electron chi connectivity index (χ4n) is 3.44. The van der Waals surface area contributed by atoms with E-state index in [0.29, 0.717) is 26.8 Å². The highest BCUT2D eigenvalue weighted by Crippen LogP contribution is 2.33. The Kier molecular flexibility index (Phi) is 6.03. The Hall–Kier alpha value is -3.89. The summed E-state index contributed by atoms with van der Waals surface area (Å²) >= 11 is 6.12. The van der Waals surface area contributed by atoms with Gasteiger partial charge in [0.25, 0.3) is 11.8 Å². The van der Waals surface area contributed by atoms with Crippen LogP contribution in [0.5, 0.6) is 0 Å². The number of amides is 2. The third-order valence-corrected chi connectivity index (χ3v) is 5.64. The molecular formula is C23H17ClF3N5O2. The van der Waals surface area contributed by atoms with Gasteiger partial charge in [-0.25, -0.2) is 15.8 Å². The maximum atomic E-state index is 13.4. The Morgan fingerprint density at radius 3 is 2.56 bits per heavy atom. The number of hydrogen-bond donors (Lipinski definition) is 3. The first kappa shape index (κ1) is 23.3. The van der Waals surface area contributed by atoms with E-state index >= 15 is 0 Å². The average molecular weight is 488 g/mol. The van der Waals surface area contributed by atoms with Gasteiger partial charge in [0, 0.05) is 10.7 Å². The summed E-state index contributed by atoms with van der Waals surface area (Å²) in [5.74, 6) is 4.28. The zero-order valence-corrected chi connectivity index (χ0v) is 18.3. The van der Waals surface area contributed by atoms with E-state index < -0.39 is 29.1 Å². The lowest BCUT2D eigenvalue weighted by Gasteiger charge is -2.20. The van der Waals surface area contributed by atoms with Crippen LogP contribution in [-0.2, 0) is 6.18 Å². The summed E-state index contributed by atoms with van der Waals surface area (Å²) in [7, 11) is 0. The van der Waals surface area contributed by atoms with Gasteiger partial charge in [-0.15, -0.1) is 0 Å². The molecule has 0 unspecified atom stereocenters. The van der Waals surface area contributed by atoms with E-state index in [1.165, 1.54) is 30.6 Å². The highest BCUT2D eigenvalue weighted by molar-refractivity contribution is 6.31. The van der Waals surface area contributed by atoms with Crippen LogP contribution in [0, 0.1) is 6.92 Å². The van der Waals surface area contributed by atoms with Crippen LogP contribution < -0.4 is 16.2 Å². The van der Waals surface area contributed by atoms with E-state index in [-0.39, 0.29) is 16.8 Å². The minimum atomic E-state index is -4.75. The average Bonchev–Trinajstić information content (AvgIpc) is 3.28. The molecule has 0 spiro atoms. The van der Waals surface area contributed by atoms with Crippen LogP contribution in [0.25, 0.3) is 11.0 Å². The topological polar surface area (TPSA) is 104 Å². The normalized spacial score (nSPS) is 11.5. The number of H-pyrrole nitrogens is 1. The molecule has 0 aliphatic heterocycles. The third kappa shape index (κ3) is 4.33. The molecule has 174 valence electrons. The number of aromatic amines is 1. The van der Waals surface area contributed by atoms with Gasteiger partial charge in [0.05, 0.1) is 34.2 Å². The van der Waals surface area contributed by atoms with Crippen molar-refractivity contribution in [3.8, 4) is 0 Å². The molecule has 34 heavy (non-hydrogen) atoms. The van der Waals surface area contributed by atoms with Crippen LogP contribution in [0.1, 0.15) is 31.8 Å². The minimum absolute atomic E-state index is 0.00769. The first-order valence-electron chi connectivity index (χ1n) is 9.87. The van der Waals surface area contributed by atoms with E-state index in [0.717, 1.165) is 12.1 Å². The van der Waals surface area contributed by atoms with Crippen LogP contribution in [0.4, 0.5) is 24.5 Å². The maximum absolute atomic E-state index is 13.4. The van der Waals surface area contributed by atoms with E-state index in [2.05, 4.69) is 15.3 Å². The minimum Gasteiger partial charge on any atom is -0.345 e. The lowest BCUT2D eigenvalue weighted by Crippen LogP contribution is -2.38. The molecule has 0 fully saturated rings. The van der Waals surface area contributed by atoms with E-state index in [1.807, 2.05) is 0 Å². The Morgan fingerprint density at radius 2 is 1.82 bits per heavy atom. The van der Waals surface area contributed by atoms with Gasteiger partial charge in [0.1, 0.15) is 5.52 Å².